The fourth-order valence-electron chi connectivity index (χ4n) is 1.50. The lowest BCUT2D eigenvalue weighted by Crippen LogP contribution is -2.46. The summed E-state index contributed by atoms with van der Waals surface area (Å²) in [5.41, 5.74) is 0. The Morgan fingerprint density at radius 1 is 1.33 bits per heavy atom. The zero-order valence-electron chi connectivity index (χ0n) is 12.8. The predicted molar refractivity (Wildman–Crippen MR) is 85.6 cm³/mol. The molecule has 1 aromatic rings. The summed E-state index contributed by atoms with van der Waals surface area (Å²) in [6.45, 7) is 6.64. The molecule has 2 amide bonds. The number of carbonyl (C=O) groups is 2. The molecule has 0 bridgehead atoms. The first kappa shape index (κ1) is 17.6. The first-order valence-corrected chi connectivity index (χ1v) is 7.67. The minimum absolute atomic E-state index is 0.246. The van der Waals surface area contributed by atoms with Gasteiger partial charge in [0, 0.05) is 17.7 Å². The maximum atomic E-state index is 11.4. The summed E-state index contributed by atoms with van der Waals surface area (Å²) in [4.78, 5) is 23.0. The van der Waals surface area contributed by atoms with Crippen molar-refractivity contribution in [2.75, 3.05) is 0 Å². The van der Waals surface area contributed by atoms with Gasteiger partial charge in [-0.25, -0.2) is 0 Å². The molecule has 116 valence electrons. The summed E-state index contributed by atoms with van der Waals surface area (Å²) in [5.74, 6) is 0.812. The van der Waals surface area contributed by atoms with Crippen LogP contribution in [0, 0.1) is 5.92 Å². The molecule has 5 heteroatoms. The first-order chi connectivity index (χ1) is 9.93. The molecule has 1 heterocycles. The summed E-state index contributed by atoms with van der Waals surface area (Å²) in [7, 11) is 0. The van der Waals surface area contributed by atoms with Gasteiger partial charge in [-0.2, -0.15) is 0 Å². The maximum absolute atomic E-state index is 11.4. The zero-order chi connectivity index (χ0) is 15.8. The smallest absolute Gasteiger partial charge is 0.267 e. The van der Waals surface area contributed by atoms with Gasteiger partial charge in [0.15, 0.2) is 6.10 Å². The Labute approximate surface area is 131 Å². The number of imide groups is 1. The van der Waals surface area contributed by atoms with Crippen LogP contribution in [0.5, 0.6) is 5.75 Å². The van der Waals surface area contributed by atoms with Crippen molar-refractivity contribution in [1.82, 2.24) is 5.32 Å². The van der Waals surface area contributed by atoms with Crippen LogP contribution in [-0.2, 0) is 9.59 Å². The molecule has 1 unspecified atom stereocenters. The van der Waals surface area contributed by atoms with Crippen molar-refractivity contribution < 1.29 is 14.3 Å². The molecule has 1 aromatic carbocycles. The summed E-state index contributed by atoms with van der Waals surface area (Å²) in [6.07, 6.45) is 1.42. The van der Waals surface area contributed by atoms with Crippen molar-refractivity contribution >= 4 is 24.4 Å². The number of carbonyl (C=O) groups excluding carboxylic acids is 2. The van der Waals surface area contributed by atoms with Gasteiger partial charge in [0.05, 0.1) is 0 Å². The second-order valence-electron chi connectivity index (χ2n) is 5.33. The van der Waals surface area contributed by atoms with E-state index in [0.717, 1.165) is 5.92 Å². The first-order valence-electron chi connectivity index (χ1n) is 7.22. The predicted octanol–water partition coefficient (Wildman–Crippen LogP) is 3.21. The Morgan fingerprint density at radius 3 is 2.48 bits per heavy atom. The van der Waals surface area contributed by atoms with Gasteiger partial charge < -0.3 is 4.74 Å². The summed E-state index contributed by atoms with van der Waals surface area (Å²) in [5, 5.41) is 2.24. The van der Waals surface area contributed by atoms with Crippen LogP contribution in [0.25, 0.3) is 0 Å². The quantitative estimate of drug-likeness (QED) is 0.666. The molecule has 1 fully saturated rings. The molecular formula is C16H23NO3S. The van der Waals surface area contributed by atoms with Crippen molar-refractivity contribution in [2.24, 2.45) is 5.92 Å². The van der Waals surface area contributed by atoms with Crippen LogP contribution < -0.4 is 10.1 Å². The van der Waals surface area contributed by atoms with E-state index in [-0.39, 0.29) is 11.8 Å². The third-order valence-electron chi connectivity index (χ3n) is 3.14. The van der Waals surface area contributed by atoms with Crippen LogP contribution in [0.3, 0.4) is 0 Å². The minimum Gasteiger partial charge on any atom is -0.479 e. The van der Waals surface area contributed by atoms with E-state index in [9.17, 15) is 9.59 Å². The van der Waals surface area contributed by atoms with Gasteiger partial charge in [-0.3, -0.25) is 14.9 Å². The third-order valence-corrected chi connectivity index (χ3v) is 3.51. The number of benzene rings is 1. The number of ether oxygens (including phenoxy) is 1. The second kappa shape index (κ2) is 8.72. The standard InChI is InChI=1S/C11H11NO3S.C5H12/c13-10-6-5-8(11(14)12-10)15-7-3-1-2-4-9(7)16;1-4-5(2)3/h1-4,8,16H,5-6H2,(H,12,13,14);5H,4H2,1-3H3. The van der Waals surface area contributed by atoms with Crippen LogP contribution in [0.1, 0.15) is 40.0 Å². The summed E-state index contributed by atoms with van der Waals surface area (Å²) in [6, 6.07) is 7.16. The molecule has 21 heavy (non-hydrogen) atoms. The molecule has 0 radical (unpaired) electrons. The van der Waals surface area contributed by atoms with Crippen molar-refractivity contribution in [3.63, 3.8) is 0 Å². The average Bonchev–Trinajstić information content (AvgIpc) is 2.44. The van der Waals surface area contributed by atoms with Crippen molar-refractivity contribution in [3.8, 4) is 5.75 Å². The van der Waals surface area contributed by atoms with Gasteiger partial charge in [0.1, 0.15) is 5.75 Å². The zero-order valence-corrected chi connectivity index (χ0v) is 13.7. The highest BCUT2D eigenvalue weighted by Gasteiger charge is 2.28. The molecular weight excluding hydrogens is 286 g/mol. The Bertz CT molecular complexity index is 488. The van der Waals surface area contributed by atoms with Crippen LogP contribution in [0.2, 0.25) is 0 Å². The maximum Gasteiger partial charge on any atom is 0.267 e. The highest BCUT2D eigenvalue weighted by atomic mass is 32.1. The Balaban J connectivity index is 0.000000383. The number of nitrogens with one attached hydrogen (secondary N) is 1. The van der Waals surface area contributed by atoms with Crippen LogP contribution >= 0.6 is 12.6 Å². The van der Waals surface area contributed by atoms with Gasteiger partial charge in [-0.1, -0.05) is 39.3 Å². The van der Waals surface area contributed by atoms with Crippen molar-refractivity contribution in [1.29, 1.82) is 0 Å². The molecule has 0 aromatic heterocycles. The van der Waals surface area contributed by atoms with Crippen molar-refractivity contribution in [2.45, 2.75) is 51.0 Å². The third kappa shape index (κ3) is 6.21. The Hall–Kier alpha value is -1.49. The monoisotopic (exact) mass is 309 g/mol. The highest BCUT2D eigenvalue weighted by molar-refractivity contribution is 7.80. The van der Waals surface area contributed by atoms with E-state index < -0.39 is 6.10 Å². The van der Waals surface area contributed by atoms with Gasteiger partial charge in [-0.05, 0) is 18.1 Å². The molecule has 4 nitrogen and oxygen atoms in total. The largest absolute Gasteiger partial charge is 0.479 e. The number of hydrogen-bond acceptors (Lipinski definition) is 4. The lowest BCUT2D eigenvalue weighted by atomic mass is 10.1. The van der Waals surface area contributed by atoms with Crippen LogP contribution in [0.4, 0.5) is 0 Å². The molecule has 1 N–H and O–H groups in total. The Kier molecular flexibility index (Phi) is 7.29. The number of hydrogen-bond donors (Lipinski definition) is 2. The molecule has 1 saturated heterocycles. The second-order valence-corrected chi connectivity index (χ2v) is 5.81. The topological polar surface area (TPSA) is 55.4 Å². The van der Waals surface area contributed by atoms with Crippen LogP contribution in [-0.4, -0.2) is 17.9 Å². The normalized spacial score (nSPS) is 17.9. The molecule has 2 rings (SSSR count). The SMILES string of the molecule is CCC(C)C.O=C1CCC(Oc2ccccc2S)C(=O)N1. The van der Waals surface area contributed by atoms with E-state index in [2.05, 4.69) is 38.7 Å². The van der Waals surface area contributed by atoms with E-state index in [1.807, 2.05) is 6.07 Å². The molecule has 0 spiro atoms. The fourth-order valence-corrected chi connectivity index (χ4v) is 1.71. The fraction of sp³-hybridized carbons (Fsp3) is 0.500. The molecule has 0 aliphatic carbocycles. The van der Waals surface area contributed by atoms with E-state index in [1.165, 1.54) is 6.42 Å². The summed E-state index contributed by atoms with van der Waals surface area (Å²) < 4.78 is 5.51. The lowest BCUT2D eigenvalue weighted by Gasteiger charge is -2.22. The number of rotatable bonds is 3. The molecule has 1 atom stereocenters. The van der Waals surface area contributed by atoms with E-state index in [4.69, 9.17) is 4.74 Å². The van der Waals surface area contributed by atoms with E-state index >= 15 is 0 Å². The van der Waals surface area contributed by atoms with Gasteiger partial charge in [0.25, 0.3) is 5.91 Å². The van der Waals surface area contributed by atoms with Gasteiger partial charge in [0.2, 0.25) is 5.91 Å². The number of para-hydroxylation sites is 1. The van der Waals surface area contributed by atoms with E-state index in [0.29, 0.717) is 23.5 Å². The van der Waals surface area contributed by atoms with Gasteiger partial charge in [-0.15, -0.1) is 12.6 Å². The average molecular weight is 309 g/mol. The number of amides is 2. The molecule has 1 aliphatic heterocycles. The number of piperidine rings is 1. The molecule has 1 aliphatic rings. The van der Waals surface area contributed by atoms with Crippen LogP contribution in [0.15, 0.2) is 29.2 Å². The number of thiol groups is 1. The van der Waals surface area contributed by atoms with Gasteiger partial charge >= 0.3 is 0 Å². The minimum atomic E-state index is -0.606. The lowest BCUT2D eigenvalue weighted by molar-refractivity contribution is -0.138. The Morgan fingerprint density at radius 2 is 1.95 bits per heavy atom. The van der Waals surface area contributed by atoms with Crippen molar-refractivity contribution in [3.05, 3.63) is 24.3 Å². The molecule has 0 saturated carbocycles. The highest BCUT2D eigenvalue weighted by Crippen LogP contribution is 2.24. The van der Waals surface area contributed by atoms with E-state index in [1.54, 1.807) is 18.2 Å². The summed E-state index contributed by atoms with van der Waals surface area (Å²) >= 11 is 4.22.